The molecule has 0 saturated carbocycles. The second-order valence-corrected chi connectivity index (χ2v) is 6.98. The highest BCUT2D eigenvalue weighted by Crippen LogP contribution is 2.26. The first kappa shape index (κ1) is 16.8. The van der Waals surface area contributed by atoms with Gasteiger partial charge in [-0.3, -0.25) is 4.79 Å². The van der Waals surface area contributed by atoms with Crippen molar-refractivity contribution in [3.05, 3.63) is 29.8 Å². The Balaban J connectivity index is 1.90. The largest absolute Gasteiger partial charge is 0.493 e. The predicted molar refractivity (Wildman–Crippen MR) is 89.3 cm³/mol. The summed E-state index contributed by atoms with van der Waals surface area (Å²) in [7, 11) is 0. The van der Waals surface area contributed by atoms with Crippen molar-refractivity contribution in [1.82, 2.24) is 10.6 Å². The Bertz CT molecular complexity index is 494. The van der Waals surface area contributed by atoms with Crippen molar-refractivity contribution in [2.75, 3.05) is 26.2 Å². The van der Waals surface area contributed by atoms with Gasteiger partial charge >= 0.3 is 0 Å². The molecule has 122 valence electrons. The van der Waals surface area contributed by atoms with Crippen molar-refractivity contribution >= 4 is 5.91 Å². The fraction of sp³-hybridized carbons (Fsp3) is 0.611. The van der Waals surface area contributed by atoms with Gasteiger partial charge in [0, 0.05) is 12.1 Å². The Kier molecular flexibility index (Phi) is 5.83. The molecule has 1 aromatic rings. The minimum Gasteiger partial charge on any atom is -0.493 e. The highest BCUT2D eigenvalue weighted by Gasteiger charge is 2.27. The summed E-state index contributed by atoms with van der Waals surface area (Å²) in [6.45, 7) is 9.92. The van der Waals surface area contributed by atoms with Crippen molar-refractivity contribution in [2.45, 2.75) is 33.6 Å². The maximum atomic E-state index is 12.3. The number of rotatable bonds is 6. The Morgan fingerprint density at radius 2 is 2.09 bits per heavy atom. The quantitative estimate of drug-likeness (QED) is 0.849. The Morgan fingerprint density at radius 3 is 2.77 bits per heavy atom. The lowest BCUT2D eigenvalue weighted by atomic mass is 9.81. The zero-order chi connectivity index (χ0) is 16.0. The van der Waals surface area contributed by atoms with Crippen LogP contribution in [0.5, 0.6) is 5.75 Å². The van der Waals surface area contributed by atoms with Gasteiger partial charge in [-0.2, -0.15) is 0 Å². The number of carbonyl (C=O) groups excluding carboxylic acids is 1. The fourth-order valence-electron chi connectivity index (χ4n) is 2.59. The first-order valence-electron chi connectivity index (χ1n) is 8.20. The minimum atomic E-state index is -0.0187. The van der Waals surface area contributed by atoms with Crippen LogP contribution in [0.15, 0.2) is 24.3 Å². The van der Waals surface area contributed by atoms with Gasteiger partial charge in [0.05, 0.1) is 6.61 Å². The molecule has 0 bridgehead atoms. The molecule has 1 heterocycles. The van der Waals surface area contributed by atoms with E-state index in [1.165, 1.54) is 0 Å². The van der Waals surface area contributed by atoms with Gasteiger partial charge in [0.15, 0.2) is 0 Å². The number of carbonyl (C=O) groups is 1. The molecule has 1 aliphatic heterocycles. The Morgan fingerprint density at radius 1 is 1.36 bits per heavy atom. The molecule has 1 amide bonds. The number of hydrogen-bond donors (Lipinski definition) is 2. The molecule has 0 aromatic heterocycles. The summed E-state index contributed by atoms with van der Waals surface area (Å²) in [6.07, 6.45) is 2.20. The predicted octanol–water partition coefficient (Wildman–Crippen LogP) is 2.84. The van der Waals surface area contributed by atoms with Gasteiger partial charge in [-0.25, -0.2) is 0 Å². The summed E-state index contributed by atoms with van der Waals surface area (Å²) < 4.78 is 5.68. The second-order valence-electron chi connectivity index (χ2n) is 6.98. The van der Waals surface area contributed by atoms with E-state index in [-0.39, 0.29) is 11.3 Å². The van der Waals surface area contributed by atoms with Gasteiger partial charge in [-0.05, 0) is 55.5 Å². The van der Waals surface area contributed by atoms with E-state index in [9.17, 15) is 4.79 Å². The Labute approximate surface area is 133 Å². The van der Waals surface area contributed by atoms with Crippen LogP contribution in [0.25, 0.3) is 0 Å². The van der Waals surface area contributed by atoms with Crippen molar-refractivity contribution < 1.29 is 9.53 Å². The molecule has 2 N–H and O–H groups in total. The smallest absolute Gasteiger partial charge is 0.251 e. The van der Waals surface area contributed by atoms with E-state index >= 15 is 0 Å². The molecule has 0 spiro atoms. The van der Waals surface area contributed by atoms with Crippen LogP contribution in [0, 0.1) is 11.3 Å². The topological polar surface area (TPSA) is 50.4 Å². The van der Waals surface area contributed by atoms with E-state index in [1.807, 2.05) is 24.3 Å². The van der Waals surface area contributed by atoms with Crippen molar-refractivity contribution in [2.24, 2.45) is 11.3 Å². The molecule has 1 fully saturated rings. The van der Waals surface area contributed by atoms with Gasteiger partial charge in [0.2, 0.25) is 0 Å². The van der Waals surface area contributed by atoms with Crippen LogP contribution in [0.3, 0.4) is 0 Å². The monoisotopic (exact) mass is 304 g/mol. The van der Waals surface area contributed by atoms with Crippen LogP contribution < -0.4 is 15.4 Å². The molecule has 1 aliphatic rings. The lowest BCUT2D eigenvalue weighted by Crippen LogP contribution is -2.42. The summed E-state index contributed by atoms with van der Waals surface area (Å²) in [6, 6.07) is 7.43. The molecular formula is C18H28N2O2. The molecule has 4 nitrogen and oxygen atoms in total. The third kappa shape index (κ3) is 5.02. The van der Waals surface area contributed by atoms with E-state index in [0.717, 1.165) is 38.2 Å². The van der Waals surface area contributed by atoms with Crippen LogP contribution in [0.2, 0.25) is 0 Å². The van der Waals surface area contributed by atoms with Gasteiger partial charge in [0.25, 0.3) is 5.91 Å². The number of ether oxygens (including phenoxy) is 1. The first-order chi connectivity index (χ1) is 10.5. The number of hydrogen-bond acceptors (Lipinski definition) is 3. The highest BCUT2D eigenvalue weighted by molar-refractivity contribution is 5.94. The molecule has 0 atom stereocenters. The number of nitrogens with one attached hydrogen (secondary N) is 2. The van der Waals surface area contributed by atoms with Crippen LogP contribution in [0.1, 0.15) is 44.0 Å². The normalized spacial score (nSPS) is 17.3. The molecular weight excluding hydrogens is 276 g/mol. The van der Waals surface area contributed by atoms with E-state index in [1.54, 1.807) is 0 Å². The first-order valence-corrected chi connectivity index (χ1v) is 8.20. The van der Waals surface area contributed by atoms with E-state index in [2.05, 4.69) is 31.4 Å². The number of amides is 1. The zero-order valence-electron chi connectivity index (χ0n) is 13.9. The summed E-state index contributed by atoms with van der Waals surface area (Å²) in [5.74, 6) is 1.21. The van der Waals surface area contributed by atoms with Gasteiger partial charge in [0.1, 0.15) is 5.75 Å². The van der Waals surface area contributed by atoms with Crippen LogP contribution in [0.4, 0.5) is 0 Å². The van der Waals surface area contributed by atoms with E-state index < -0.39 is 0 Å². The van der Waals surface area contributed by atoms with Crippen molar-refractivity contribution in [3.8, 4) is 5.75 Å². The van der Waals surface area contributed by atoms with Gasteiger partial charge < -0.3 is 15.4 Å². The zero-order valence-corrected chi connectivity index (χ0v) is 13.9. The molecule has 2 rings (SSSR count). The fourth-order valence-corrected chi connectivity index (χ4v) is 2.59. The van der Waals surface area contributed by atoms with E-state index in [0.29, 0.717) is 18.1 Å². The summed E-state index contributed by atoms with van der Waals surface area (Å²) >= 11 is 0. The van der Waals surface area contributed by atoms with Crippen LogP contribution in [-0.2, 0) is 0 Å². The Hall–Kier alpha value is -1.55. The molecule has 22 heavy (non-hydrogen) atoms. The van der Waals surface area contributed by atoms with Crippen molar-refractivity contribution in [1.29, 1.82) is 0 Å². The molecule has 0 radical (unpaired) electrons. The van der Waals surface area contributed by atoms with Crippen LogP contribution in [-0.4, -0.2) is 32.1 Å². The third-order valence-corrected chi connectivity index (χ3v) is 4.17. The van der Waals surface area contributed by atoms with Gasteiger partial charge in [-0.1, -0.05) is 26.8 Å². The van der Waals surface area contributed by atoms with E-state index in [4.69, 9.17) is 4.74 Å². The average Bonchev–Trinajstić information content (AvgIpc) is 2.52. The summed E-state index contributed by atoms with van der Waals surface area (Å²) in [5.41, 5.74) is 0.867. The van der Waals surface area contributed by atoms with Crippen molar-refractivity contribution in [3.63, 3.8) is 0 Å². The molecule has 0 aliphatic carbocycles. The third-order valence-electron chi connectivity index (χ3n) is 4.17. The molecule has 1 saturated heterocycles. The number of benzene rings is 1. The van der Waals surface area contributed by atoms with Crippen LogP contribution >= 0.6 is 0 Å². The maximum Gasteiger partial charge on any atom is 0.251 e. The lowest BCUT2D eigenvalue weighted by molar-refractivity contribution is 0.0921. The molecule has 1 aromatic carbocycles. The molecule has 4 heteroatoms. The second kappa shape index (κ2) is 7.63. The minimum absolute atomic E-state index is 0.0187. The van der Waals surface area contributed by atoms with Gasteiger partial charge in [-0.15, -0.1) is 0 Å². The summed E-state index contributed by atoms with van der Waals surface area (Å²) in [4.78, 5) is 12.3. The number of piperidine rings is 1. The average molecular weight is 304 g/mol. The lowest BCUT2D eigenvalue weighted by Gasteiger charge is -2.34. The highest BCUT2D eigenvalue weighted by atomic mass is 16.5. The SMILES string of the molecule is CC(C)COc1cccc(C(=O)NCC2(C)CCNCC2)c1. The maximum absolute atomic E-state index is 12.3. The standard InChI is InChI=1S/C18H28N2O2/c1-14(2)12-22-16-6-4-5-15(11-16)17(21)20-13-18(3)7-9-19-10-8-18/h4-6,11,14,19H,7-10,12-13H2,1-3H3,(H,20,21). The summed E-state index contributed by atoms with van der Waals surface area (Å²) in [5, 5.41) is 6.44. The molecule has 0 unspecified atom stereocenters.